The highest BCUT2D eigenvalue weighted by Gasteiger charge is 2.33. The SMILES string of the molecule is CCc1cccc(N(C#N)Cc2csc(N(C(C)=O)C3CC3)n2)c1. The first-order chi connectivity index (χ1) is 11.6. The molecule has 1 amide bonds. The van der Waals surface area contributed by atoms with E-state index in [1.165, 1.54) is 16.9 Å². The molecule has 2 aromatic rings. The first kappa shape index (κ1) is 16.5. The summed E-state index contributed by atoms with van der Waals surface area (Å²) in [6.07, 6.45) is 5.25. The zero-order valence-corrected chi connectivity index (χ0v) is 14.7. The van der Waals surface area contributed by atoms with Crippen molar-refractivity contribution in [3.05, 3.63) is 40.9 Å². The Kier molecular flexibility index (Phi) is 4.81. The molecule has 1 aliphatic rings. The number of aromatic nitrogens is 1. The van der Waals surface area contributed by atoms with Gasteiger partial charge in [-0.25, -0.2) is 4.98 Å². The molecule has 3 rings (SSSR count). The van der Waals surface area contributed by atoms with Crippen molar-refractivity contribution >= 4 is 28.1 Å². The monoisotopic (exact) mass is 340 g/mol. The largest absolute Gasteiger partial charge is 0.285 e. The topological polar surface area (TPSA) is 60.2 Å². The van der Waals surface area contributed by atoms with E-state index in [4.69, 9.17) is 0 Å². The highest BCUT2D eigenvalue weighted by molar-refractivity contribution is 7.14. The maximum Gasteiger partial charge on any atom is 0.225 e. The number of carbonyl (C=O) groups excluding carboxylic acids is 1. The second kappa shape index (κ2) is 7.02. The van der Waals surface area contributed by atoms with Gasteiger partial charge < -0.3 is 0 Å². The van der Waals surface area contributed by atoms with Gasteiger partial charge in [-0.2, -0.15) is 5.26 Å². The van der Waals surface area contributed by atoms with Gasteiger partial charge in [0.25, 0.3) is 0 Å². The molecule has 1 aliphatic carbocycles. The fraction of sp³-hybridized carbons (Fsp3) is 0.389. The van der Waals surface area contributed by atoms with Crippen LogP contribution in [0.3, 0.4) is 0 Å². The van der Waals surface area contributed by atoms with Gasteiger partial charge in [-0.3, -0.25) is 14.6 Å². The lowest BCUT2D eigenvalue weighted by molar-refractivity contribution is -0.116. The molecule has 5 nitrogen and oxygen atoms in total. The Hall–Kier alpha value is -2.39. The Bertz CT molecular complexity index is 775. The van der Waals surface area contributed by atoms with Crippen molar-refractivity contribution in [1.82, 2.24) is 4.98 Å². The van der Waals surface area contributed by atoms with Gasteiger partial charge >= 0.3 is 0 Å². The van der Waals surface area contributed by atoms with Gasteiger partial charge in [0.15, 0.2) is 11.3 Å². The quantitative estimate of drug-likeness (QED) is 0.594. The molecule has 124 valence electrons. The van der Waals surface area contributed by atoms with Crippen molar-refractivity contribution in [3.8, 4) is 6.19 Å². The van der Waals surface area contributed by atoms with Crippen LogP contribution >= 0.6 is 11.3 Å². The molecule has 1 heterocycles. The lowest BCUT2D eigenvalue weighted by Crippen LogP contribution is -2.30. The molecule has 0 atom stereocenters. The first-order valence-corrected chi connectivity index (χ1v) is 9.00. The van der Waals surface area contributed by atoms with E-state index in [0.717, 1.165) is 35.8 Å². The zero-order chi connectivity index (χ0) is 17.1. The third-order valence-electron chi connectivity index (χ3n) is 4.07. The summed E-state index contributed by atoms with van der Waals surface area (Å²) in [6.45, 7) is 4.09. The Morgan fingerprint density at radius 1 is 1.46 bits per heavy atom. The molecule has 1 saturated carbocycles. The van der Waals surface area contributed by atoms with E-state index in [9.17, 15) is 10.1 Å². The summed E-state index contributed by atoms with van der Waals surface area (Å²) >= 11 is 1.47. The lowest BCUT2D eigenvalue weighted by atomic mass is 10.1. The van der Waals surface area contributed by atoms with Crippen LogP contribution in [0, 0.1) is 11.5 Å². The average Bonchev–Trinajstić information content (AvgIpc) is 3.31. The summed E-state index contributed by atoms with van der Waals surface area (Å²) in [7, 11) is 0. The Balaban J connectivity index is 1.77. The molecule has 0 N–H and O–H groups in total. The van der Waals surface area contributed by atoms with Crippen LogP contribution in [0.25, 0.3) is 0 Å². The second-order valence-corrected chi connectivity index (χ2v) is 6.79. The van der Waals surface area contributed by atoms with Gasteiger partial charge in [0.1, 0.15) is 0 Å². The number of carbonyl (C=O) groups is 1. The molecule has 0 radical (unpaired) electrons. The minimum atomic E-state index is 0.0335. The number of rotatable bonds is 6. The fourth-order valence-corrected chi connectivity index (χ4v) is 3.58. The van der Waals surface area contributed by atoms with Gasteiger partial charge in [0.05, 0.1) is 17.9 Å². The Morgan fingerprint density at radius 3 is 2.88 bits per heavy atom. The van der Waals surface area contributed by atoms with E-state index in [2.05, 4.69) is 24.2 Å². The number of benzene rings is 1. The van der Waals surface area contributed by atoms with Crippen LogP contribution in [0.1, 0.15) is 37.9 Å². The van der Waals surface area contributed by atoms with Crippen molar-refractivity contribution < 1.29 is 4.79 Å². The predicted molar refractivity (Wildman–Crippen MR) is 95.9 cm³/mol. The highest BCUT2D eigenvalue weighted by Crippen LogP contribution is 2.34. The maximum absolute atomic E-state index is 11.8. The van der Waals surface area contributed by atoms with E-state index in [1.807, 2.05) is 23.6 Å². The smallest absolute Gasteiger partial charge is 0.225 e. The number of amides is 1. The fourth-order valence-electron chi connectivity index (χ4n) is 2.65. The molecule has 0 spiro atoms. The van der Waals surface area contributed by atoms with Crippen LogP contribution in [0.2, 0.25) is 0 Å². The van der Waals surface area contributed by atoms with Crippen LogP contribution in [0.15, 0.2) is 29.6 Å². The third kappa shape index (κ3) is 3.57. The van der Waals surface area contributed by atoms with Gasteiger partial charge in [0, 0.05) is 18.3 Å². The maximum atomic E-state index is 11.8. The number of anilines is 2. The van der Waals surface area contributed by atoms with Gasteiger partial charge in [0.2, 0.25) is 5.91 Å². The molecule has 1 fully saturated rings. The number of nitrogens with zero attached hydrogens (tertiary/aromatic N) is 4. The van der Waals surface area contributed by atoms with Gasteiger partial charge in [-0.15, -0.1) is 11.3 Å². The number of thiazole rings is 1. The number of nitriles is 1. The van der Waals surface area contributed by atoms with Crippen molar-refractivity contribution in [2.24, 2.45) is 0 Å². The Labute approximate surface area is 146 Å². The van der Waals surface area contributed by atoms with E-state index < -0.39 is 0 Å². The number of hydrogen-bond donors (Lipinski definition) is 0. The number of aryl methyl sites for hydroxylation is 1. The molecule has 0 aliphatic heterocycles. The molecular weight excluding hydrogens is 320 g/mol. The standard InChI is InChI=1S/C18H20N4OS/c1-3-14-5-4-6-17(9-14)21(12-19)10-15-11-24-18(20-15)22(13(2)23)16-7-8-16/h4-6,9,11,16H,3,7-8,10H2,1-2H3. The highest BCUT2D eigenvalue weighted by atomic mass is 32.1. The van der Waals surface area contributed by atoms with Crippen LogP contribution in [0.4, 0.5) is 10.8 Å². The summed E-state index contributed by atoms with van der Waals surface area (Å²) < 4.78 is 0. The second-order valence-electron chi connectivity index (χ2n) is 5.95. The van der Waals surface area contributed by atoms with Crippen LogP contribution < -0.4 is 9.80 Å². The molecule has 0 unspecified atom stereocenters. The zero-order valence-electron chi connectivity index (χ0n) is 13.9. The number of hydrogen-bond acceptors (Lipinski definition) is 5. The summed E-state index contributed by atoms with van der Waals surface area (Å²) in [5.41, 5.74) is 2.88. The first-order valence-electron chi connectivity index (χ1n) is 8.12. The summed E-state index contributed by atoms with van der Waals surface area (Å²) in [6, 6.07) is 8.29. The predicted octanol–water partition coefficient (Wildman–Crippen LogP) is 3.71. The minimum absolute atomic E-state index is 0.0335. The van der Waals surface area contributed by atoms with Crippen LogP contribution in [0.5, 0.6) is 0 Å². The molecule has 1 aromatic carbocycles. The molecule has 0 bridgehead atoms. The summed E-state index contributed by atoms with van der Waals surface area (Å²) in [4.78, 5) is 19.8. The van der Waals surface area contributed by atoms with E-state index in [1.54, 1.807) is 16.7 Å². The van der Waals surface area contributed by atoms with Crippen LogP contribution in [-0.4, -0.2) is 16.9 Å². The Morgan fingerprint density at radius 2 is 2.25 bits per heavy atom. The van der Waals surface area contributed by atoms with Gasteiger partial charge in [-0.1, -0.05) is 19.1 Å². The van der Waals surface area contributed by atoms with E-state index >= 15 is 0 Å². The van der Waals surface area contributed by atoms with Crippen molar-refractivity contribution in [2.45, 2.75) is 45.7 Å². The third-order valence-corrected chi connectivity index (χ3v) is 4.96. The van der Waals surface area contributed by atoms with Crippen molar-refractivity contribution in [1.29, 1.82) is 5.26 Å². The molecule has 6 heteroatoms. The van der Waals surface area contributed by atoms with E-state index in [-0.39, 0.29) is 5.91 Å². The van der Waals surface area contributed by atoms with Crippen molar-refractivity contribution in [3.63, 3.8) is 0 Å². The summed E-state index contributed by atoms with van der Waals surface area (Å²) in [5.74, 6) is 0.0335. The molecule has 1 aromatic heterocycles. The lowest BCUT2D eigenvalue weighted by Gasteiger charge is -2.17. The average molecular weight is 340 g/mol. The van der Waals surface area contributed by atoms with E-state index in [0.29, 0.717) is 12.6 Å². The molecular formula is C18H20N4OS. The van der Waals surface area contributed by atoms with Gasteiger partial charge in [-0.05, 0) is 37.0 Å². The van der Waals surface area contributed by atoms with Crippen LogP contribution in [-0.2, 0) is 17.8 Å². The summed E-state index contributed by atoms with van der Waals surface area (Å²) in [5, 5.41) is 12.2. The molecule has 24 heavy (non-hydrogen) atoms. The minimum Gasteiger partial charge on any atom is -0.285 e. The van der Waals surface area contributed by atoms with Crippen molar-refractivity contribution in [2.75, 3.05) is 9.80 Å². The molecule has 0 saturated heterocycles. The normalized spacial score (nSPS) is 13.4.